The number of H-pyrrole nitrogens is 1. The van der Waals surface area contributed by atoms with Crippen LogP contribution < -0.4 is 5.73 Å². The normalized spacial score (nSPS) is 11.1. The zero-order valence-electron chi connectivity index (χ0n) is 6.55. The molecule has 0 spiro atoms. The Morgan fingerprint density at radius 3 is 2.91 bits per heavy atom. The maximum absolute atomic E-state index is 5.74. The van der Waals surface area contributed by atoms with Crippen molar-refractivity contribution in [3.05, 3.63) is 17.6 Å². The van der Waals surface area contributed by atoms with Crippen molar-refractivity contribution < 1.29 is 0 Å². The van der Waals surface area contributed by atoms with Crippen LogP contribution in [0.15, 0.2) is 6.20 Å². The Hall–Kier alpha value is -1.45. The smallest absolute Gasteiger partial charge is 0.177 e. The van der Waals surface area contributed by atoms with Crippen molar-refractivity contribution in [1.82, 2.24) is 14.6 Å². The second-order valence-electron chi connectivity index (χ2n) is 2.73. The average Bonchev–Trinajstić information content (AvgIpc) is 2.37. The molecule has 0 aliphatic heterocycles. The lowest BCUT2D eigenvalue weighted by atomic mass is 10.4. The molecule has 0 saturated heterocycles. The van der Waals surface area contributed by atoms with E-state index in [0.717, 1.165) is 22.7 Å². The Bertz CT molecular complexity index is 396. The van der Waals surface area contributed by atoms with E-state index in [1.165, 1.54) is 0 Å². The van der Waals surface area contributed by atoms with E-state index in [1.54, 1.807) is 0 Å². The Labute approximate surface area is 64.0 Å². The van der Waals surface area contributed by atoms with Gasteiger partial charge < -0.3 is 5.73 Å². The summed E-state index contributed by atoms with van der Waals surface area (Å²) in [6.07, 6.45) is 1.92. The van der Waals surface area contributed by atoms with Crippen LogP contribution in [0.1, 0.15) is 11.4 Å². The Balaban J connectivity index is 2.88. The number of rotatable bonds is 0. The largest absolute Gasteiger partial charge is 0.394 e. The summed E-state index contributed by atoms with van der Waals surface area (Å²) in [5.41, 5.74) is 9.23. The second-order valence-corrected chi connectivity index (χ2v) is 2.73. The lowest BCUT2D eigenvalue weighted by molar-refractivity contribution is 0.942. The van der Waals surface area contributed by atoms with Gasteiger partial charge in [-0.15, -0.1) is 0 Å². The van der Waals surface area contributed by atoms with Gasteiger partial charge in [-0.25, -0.2) is 9.50 Å². The van der Waals surface area contributed by atoms with Gasteiger partial charge in [0.05, 0.1) is 23.3 Å². The highest BCUT2D eigenvalue weighted by Gasteiger charge is 2.05. The van der Waals surface area contributed by atoms with E-state index < -0.39 is 0 Å². The van der Waals surface area contributed by atoms with Crippen LogP contribution in [0, 0.1) is 13.8 Å². The number of aryl methyl sites for hydroxylation is 2. The molecule has 0 aliphatic rings. The molecule has 4 heteroatoms. The van der Waals surface area contributed by atoms with Crippen LogP contribution in [0.3, 0.4) is 0 Å². The summed E-state index contributed by atoms with van der Waals surface area (Å²) < 4.78 is 1.83. The molecule has 0 aliphatic carbocycles. The molecule has 2 aromatic heterocycles. The van der Waals surface area contributed by atoms with Crippen molar-refractivity contribution in [3.8, 4) is 0 Å². The molecule has 0 saturated carbocycles. The van der Waals surface area contributed by atoms with Crippen molar-refractivity contribution in [3.63, 3.8) is 0 Å². The van der Waals surface area contributed by atoms with Gasteiger partial charge in [0.2, 0.25) is 0 Å². The van der Waals surface area contributed by atoms with Crippen molar-refractivity contribution in [2.45, 2.75) is 13.8 Å². The summed E-state index contributed by atoms with van der Waals surface area (Å²) in [4.78, 5) is 4.24. The van der Waals surface area contributed by atoms with E-state index in [2.05, 4.69) is 10.1 Å². The van der Waals surface area contributed by atoms with Gasteiger partial charge in [0.15, 0.2) is 5.65 Å². The van der Waals surface area contributed by atoms with E-state index in [-0.39, 0.29) is 0 Å². The van der Waals surface area contributed by atoms with E-state index in [4.69, 9.17) is 5.73 Å². The molecule has 0 fully saturated rings. The van der Waals surface area contributed by atoms with Gasteiger partial charge in [0.25, 0.3) is 0 Å². The number of hydrogen-bond acceptors (Lipinski definition) is 2. The minimum absolute atomic E-state index is 0.734. The number of nitrogen functional groups attached to an aromatic ring is 1. The molecule has 0 unspecified atom stereocenters. The number of nitrogens with one attached hydrogen (secondary N) is 1. The standard InChI is InChI=1S/C7H10N4/c1-4-3-11-7(9-4)6(8)5(2)10-11/h3,10H,8H2,1-2H3. The van der Waals surface area contributed by atoms with Crippen molar-refractivity contribution in [2.75, 3.05) is 5.73 Å². The highest BCUT2D eigenvalue weighted by molar-refractivity contribution is 5.67. The molecule has 58 valence electrons. The fourth-order valence-corrected chi connectivity index (χ4v) is 1.18. The number of anilines is 1. The van der Waals surface area contributed by atoms with Crippen molar-refractivity contribution in [1.29, 1.82) is 0 Å². The zero-order valence-corrected chi connectivity index (χ0v) is 6.55. The quantitative estimate of drug-likeness (QED) is 0.585. The molecule has 2 rings (SSSR count). The number of hydrogen-bond donors (Lipinski definition) is 2. The van der Waals surface area contributed by atoms with E-state index in [0.29, 0.717) is 0 Å². The Kier molecular flexibility index (Phi) is 1.01. The van der Waals surface area contributed by atoms with Crippen molar-refractivity contribution >= 4 is 11.3 Å². The SMILES string of the molecule is Cc1cn2[nH]c(C)c(N)c2n1. The lowest BCUT2D eigenvalue weighted by Crippen LogP contribution is -1.85. The molecule has 0 atom stereocenters. The number of aromatic nitrogens is 3. The third-order valence-corrected chi connectivity index (χ3v) is 1.76. The molecule has 2 aromatic rings. The van der Waals surface area contributed by atoms with Crippen LogP contribution in [0.2, 0.25) is 0 Å². The minimum Gasteiger partial charge on any atom is -0.394 e. The summed E-state index contributed by atoms with van der Waals surface area (Å²) in [5, 5.41) is 3.08. The van der Waals surface area contributed by atoms with Crippen LogP contribution in [0.25, 0.3) is 5.65 Å². The predicted octanol–water partition coefficient (Wildman–Crippen LogP) is 0.861. The molecule has 3 N–H and O–H groups in total. The fraction of sp³-hybridized carbons (Fsp3) is 0.286. The summed E-state index contributed by atoms with van der Waals surface area (Å²) in [5.74, 6) is 0. The molecule has 0 aromatic carbocycles. The number of aromatic amines is 1. The lowest BCUT2D eigenvalue weighted by Gasteiger charge is -1.84. The van der Waals surface area contributed by atoms with Gasteiger partial charge >= 0.3 is 0 Å². The van der Waals surface area contributed by atoms with Crippen LogP contribution >= 0.6 is 0 Å². The topological polar surface area (TPSA) is 59.1 Å². The van der Waals surface area contributed by atoms with E-state index in [1.807, 2.05) is 24.6 Å². The molecule has 0 radical (unpaired) electrons. The summed E-state index contributed by atoms with van der Waals surface area (Å²) in [6.45, 7) is 3.87. The minimum atomic E-state index is 0.734. The van der Waals surface area contributed by atoms with Gasteiger partial charge in [-0.3, -0.25) is 5.10 Å². The summed E-state index contributed by atoms with van der Waals surface area (Å²) >= 11 is 0. The number of nitrogens with two attached hydrogens (primary N) is 1. The molecule has 0 bridgehead atoms. The monoisotopic (exact) mass is 150 g/mol. The maximum Gasteiger partial charge on any atom is 0.177 e. The average molecular weight is 150 g/mol. The number of fused-ring (bicyclic) bond motifs is 1. The Morgan fingerprint density at radius 1 is 1.55 bits per heavy atom. The molecular weight excluding hydrogens is 140 g/mol. The molecule has 4 nitrogen and oxygen atoms in total. The van der Waals surface area contributed by atoms with Crippen LogP contribution in [0.5, 0.6) is 0 Å². The molecular formula is C7H10N4. The van der Waals surface area contributed by atoms with Gasteiger partial charge in [-0.2, -0.15) is 0 Å². The first kappa shape index (κ1) is 6.27. The van der Waals surface area contributed by atoms with Crippen LogP contribution in [-0.2, 0) is 0 Å². The predicted molar refractivity (Wildman–Crippen MR) is 43.4 cm³/mol. The number of imidazole rings is 1. The third-order valence-electron chi connectivity index (χ3n) is 1.76. The van der Waals surface area contributed by atoms with E-state index in [9.17, 15) is 0 Å². The highest BCUT2D eigenvalue weighted by Crippen LogP contribution is 2.15. The van der Waals surface area contributed by atoms with Gasteiger partial charge in [0.1, 0.15) is 0 Å². The van der Waals surface area contributed by atoms with Crippen LogP contribution in [0.4, 0.5) is 5.69 Å². The van der Waals surface area contributed by atoms with Gasteiger partial charge in [-0.1, -0.05) is 0 Å². The summed E-state index contributed by atoms with van der Waals surface area (Å²) in [7, 11) is 0. The maximum atomic E-state index is 5.74. The summed E-state index contributed by atoms with van der Waals surface area (Å²) in [6, 6.07) is 0. The third kappa shape index (κ3) is 0.721. The molecule has 11 heavy (non-hydrogen) atoms. The van der Waals surface area contributed by atoms with Crippen molar-refractivity contribution in [2.24, 2.45) is 0 Å². The first-order chi connectivity index (χ1) is 5.18. The first-order valence-electron chi connectivity index (χ1n) is 3.48. The second kappa shape index (κ2) is 1.78. The Morgan fingerprint density at radius 2 is 2.27 bits per heavy atom. The fourth-order valence-electron chi connectivity index (χ4n) is 1.18. The van der Waals surface area contributed by atoms with Gasteiger partial charge in [-0.05, 0) is 13.8 Å². The van der Waals surface area contributed by atoms with E-state index >= 15 is 0 Å². The highest BCUT2D eigenvalue weighted by atomic mass is 15.3. The first-order valence-corrected chi connectivity index (χ1v) is 3.48. The molecule has 0 amide bonds. The van der Waals surface area contributed by atoms with Crippen LogP contribution in [-0.4, -0.2) is 14.6 Å². The zero-order chi connectivity index (χ0) is 8.01. The molecule has 2 heterocycles. The van der Waals surface area contributed by atoms with Gasteiger partial charge in [0, 0.05) is 0 Å². The number of nitrogens with zero attached hydrogens (tertiary/aromatic N) is 2.